The van der Waals surface area contributed by atoms with Gasteiger partial charge < -0.3 is 4.84 Å². The number of hydrogen-bond donors (Lipinski definition) is 0. The average Bonchev–Trinajstić information content (AvgIpc) is 2.42. The van der Waals surface area contributed by atoms with Crippen LogP contribution in [0, 0.1) is 13.8 Å². The molecule has 0 fully saturated rings. The Bertz CT molecular complexity index is 847. The van der Waals surface area contributed by atoms with Crippen LogP contribution < -0.4 is 10.4 Å². The molecule has 1 heterocycles. The Morgan fingerprint density at radius 2 is 1.58 bits per heavy atom. The van der Waals surface area contributed by atoms with E-state index in [2.05, 4.69) is 13.0 Å². The van der Waals surface area contributed by atoms with E-state index in [-0.39, 0.29) is 5.56 Å². The zero-order valence-electron chi connectivity index (χ0n) is 11.2. The predicted molar refractivity (Wildman–Crippen MR) is 77.7 cm³/mol. The highest BCUT2D eigenvalue weighted by Gasteiger charge is 2.11. The summed E-state index contributed by atoms with van der Waals surface area (Å²) in [5, 5.41) is 2.69. The Balaban J connectivity index is 2.67. The lowest BCUT2D eigenvalue weighted by Crippen LogP contribution is -2.25. The SMILES string of the molecule is COn1c(=O)c2ccccc2c2cc(C)c(C)cc21. The van der Waals surface area contributed by atoms with Crippen molar-refractivity contribution in [3.8, 4) is 0 Å². The summed E-state index contributed by atoms with van der Waals surface area (Å²) in [6.45, 7) is 4.11. The van der Waals surface area contributed by atoms with Crippen LogP contribution in [-0.4, -0.2) is 11.8 Å². The van der Waals surface area contributed by atoms with Gasteiger partial charge in [-0.2, -0.15) is 0 Å². The van der Waals surface area contributed by atoms with Crippen molar-refractivity contribution >= 4 is 21.7 Å². The van der Waals surface area contributed by atoms with Gasteiger partial charge in [0.25, 0.3) is 5.56 Å². The number of nitrogens with zero attached hydrogens (tertiary/aromatic N) is 1. The first-order valence-corrected chi connectivity index (χ1v) is 6.22. The standard InChI is InChI=1S/C16H15NO2/c1-10-8-14-12-6-4-5-7-13(12)16(18)17(19-3)15(14)9-11(10)2/h4-9H,1-3H3. The maximum atomic E-state index is 12.4. The monoisotopic (exact) mass is 253 g/mol. The maximum Gasteiger partial charge on any atom is 0.291 e. The summed E-state index contributed by atoms with van der Waals surface area (Å²) < 4.78 is 1.37. The third-order valence-corrected chi connectivity index (χ3v) is 3.65. The van der Waals surface area contributed by atoms with E-state index in [0.29, 0.717) is 5.39 Å². The van der Waals surface area contributed by atoms with Crippen LogP contribution in [0.4, 0.5) is 0 Å². The van der Waals surface area contributed by atoms with Gasteiger partial charge in [0.2, 0.25) is 0 Å². The Labute approximate surface area is 111 Å². The van der Waals surface area contributed by atoms with Gasteiger partial charge in [-0.05, 0) is 48.6 Å². The summed E-state index contributed by atoms with van der Waals surface area (Å²) in [4.78, 5) is 17.7. The molecule has 1 aromatic heterocycles. The van der Waals surface area contributed by atoms with E-state index < -0.39 is 0 Å². The molecule has 0 aliphatic rings. The molecule has 0 saturated carbocycles. The molecule has 0 amide bonds. The number of aryl methyl sites for hydroxylation is 2. The average molecular weight is 253 g/mol. The molecule has 2 aromatic carbocycles. The highest BCUT2D eigenvalue weighted by atomic mass is 16.6. The second kappa shape index (κ2) is 4.12. The number of hydrogen-bond acceptors (Lipinski definition) is 2. The van der Waals surface area contributed by atoms with Crippen LogP contribution in [0.5, 0.6) is 0 Å². The van der Waals surface area contributed by atoms with Crippen LogP contribution in [0.25, 0.3) is 21.7 Å². The zero-order chi connectivity index (χ0) is 13.6. The molecule has 0 saturated heterocycles. The van der Waals surface area contributed by atoms with Gasteiger partial charge in [0.15, 0.2) is 0 Å². The minimum Gasteiger partial charge on any atom is -0.413 e. The summed E-state index contributed by atoms with van der Waals surface area (Å²) in [7, 11) is 1.52. The van der Waals surface area contributed by atoms with E-state index in [0.717, 1.165) is 21.9 Å². The zero-order valence-corrected chi connectivity index (χ0v) is 11.2. The van der Waals surface area contributed by atoms with Gasteiger partial charge >= 0.3 is 0 Å². The van der Waals surface area contributed by atoms with Gasteiger partial charge in [-0.1, -0.05) is 18.2 Å². The summed E-state index contributed by atoms with van der Waals surface area (Å²) >= 11 is 0. The first-order chi connectivity index (χ1) is 9.13. The minimum absolute atomic E-state index is 0.117. The van der Waals surface area contributed by atoms with Crippen molar-refractivity contribution in [1.29, 1.82) is 0 Å². The first-order valence-electron chi connectivity index (χ1n) is 6.22. The summed E-state index contributed by atoms with van der Waals surface area (Å²) in [6, 6.07) is 11.8. The van der Waals surface area contributed by atoms with E-state index in [1.165, 1.54) is 17.4 Å². The molecule has 0 unspecified atom stereocenters. The number of benzene rings is 2. The topological polar surface area (TPSA) is 31.2 Å². The van der Waals surface area contributed by atoms with Crippen molar-refractivity contribution in [3.63, 3.8) is 0 Å². The van der Waals surface area contributed by atoms with Crippen molar-refractivity contribution in [2.75, 3.05) is 7.11 Å². The molecule has 0 radical (unpaired) electrons. The number of aromatic nitrogens is 1. The number of pyridine rings is 1. The van der Waals surface area contributed by atoms with Crippen LogP contribution >= 0.6 is 0 Å². The molecular weight excluding hydrogens is 238 g/mol. The second-order valence-corrected chi connectivity index (χ2v) is 4.78. The fraction of sp³-hybridized carbons (Fsp3) is 0.188. The number of rotatable bonds is 1. The van der Waals surface area contributed by atoms with Crippen molar-refractivity contribution < 1.29 is 4.84 Å². The molecule has 96 valence electrons. The normalized spacial score (nSPS) is 11.1. The molecule has 3 rings (SSSR count). The van der Waals surface area contributed by atoms with Crippen molar-refractivity contribution in [3.05, 3.63) is 57.9 Å². The lowest BCUT2D eigenvalue weighted by molar-refractivity contribution is 0.170. The smallest absolute Gasteiger partial charge is 0.291 e. The highest BCUT2D eigenvalue weighted by molar-refractivity contribution is 6.05. The fourth-order valence-electron chi connectivity index (χ4n) is 2.49. The quantitative estimate of drug-likeness (QED) is 0.624. The van der Waals surface area contributed by atoms with E-state index in [9.17, 15) is 4.79 Å². The minimum atomic E-state index is -0.117. The molecule has 0 aliphatic carbocycles. The van der Waals surface area contributed by atoms with Gasteiger partial charge in [-0.15, -0.1) is 4.73 Å². The van der Waals surface area contributed by atoms with Gasteiger partial charge in [-0.3, -0.25) is 4.79 Å². The molecule has 19 heavy (non-hydrogen) atoms. The van der Waals surface area contributed by atoms with Gasteiger partial charge in [-0.25, -0.2) is 0 Å². The first kappa shape index (κ1) is 11.8. The number of fused-ring (bicyclic) bond motifs is 3. The van der Waals surface area contributed by atoms with Crippen LogP contribution in [0.3, 0.4) is 0 Å². The Kier molecular flexibility index (Phi) is 2.56. The molecule has 3 heteroatoms. The Hall–Kier alpha value is -2.29. The molecule has 3 aromatic rings. The van der Waals surface area contributed by atoms with Crippen LogP contribution in [0.2, 0.25) is 0 Å². The lowest BCUT2D eigenvalue weighted by Gasteiger charge is -2.13. The Morgan fingerprint density at radius 3 is 2.26 bits per heavy atom. The lowest BCUT2D eigenvalue weighted by atomic mass is 10.0. The molecule has 0 bridgehead atoms. The molecule has 0 aliphatic heterocycles. The van der Waals surface area contributed by atoms with Crippen LogP contribution in [0.1, 0.15) is 11.1 Å². The molecule has 0 spiro atoms. The van der Waals surface area contributed by atoms with E-state index in [1.54, 1.807) is 0 Å². The van der Waals surface area contributed by atoms with Crippen molar-refractivity contribution in [2.45, 2.75) is 13.8 Å². The summed E-state index contributed by atoms with van der Waals surface area (Å²) in [6.07, 6.45) is 0. The highest BCUT2D eigenvalue weighted by Crippen LogP contribution is 2.25. The second-order valence-electron chi connectivity index (χ2n) is 4.78. The largest absolute Gasteiger partial charge is 0.413 e. The van der Waals surface area contributed by atoms with Gasteiger partial charge in [0.05, 0.1) is 10.9 Å². The molecule has 0 atom stereocenters. The van der Waals surface area contributed by atoms with Crippen molar-refractivity contribution in [1.82, 2.24) is 4.73 Å². The molecule has 0 N–H and O–H groups in total. The fourth-order valence-corrected chi connectivity index (χ4v) is 2.49. The van der Waals surface area contributed by atoms with Gasteiger partial charge in [0, 0.05) is 5.39 Å². The summed E-state index contributed by atoms with van der Waals surface area (Å²) in [5.41, 5.74) is 3.05. The Morgan fingerprint density at radius 1 is 0.947 bits per heavy atom. The predicted octanol–water partition coefficient (Wildman–Crippen LogP) is 2.83. The van der Waals surface area contributed by atoms with Crippen LogP contribution in [0.15, 0.2) is 41.2 Å². The van der Waals surface area contributed by atoms with Gasteiger partial charge in [0.1, 0.15) is 7.11 Å². The third kappa shape index (κ3) is 1.62. The molecular formula is C16H15NO2. The summed E-state index contributed by atoms with van der Waals surface area (Å²) in [5.74, 6) is 0. The van der Waals surface area contributed by atoms with Crippen molar-refractivity contribution in [2.24, 2.45) is 0 Å². The van der Waals surface area contributed by atoms with E-state index in [4.69, 9.17) is 4.84 Å². The van der Waals surface area contributed by atoms with E-state index >= 15 is 0 Å². The molecule has 3 nitrogen and oxygen atoms in total. The third-order valence-electron chi connectivity index (χ3n) is 3.65. The maximum absolute atomic E-state index is 12.4. The van der Waals surface area contributed by atoms with Crippen LogP contribution in [-0.2, 0) is 0 Å². The van der Waals surface area contributed by atoms with E-state index in [1.807, 2.05) is 37.3 Å².